The van der Waals surface area contributed by atoms with Crippen molar-refractivity contribution in [3.05, 3.63) is 0 Å². The van der Waals surface area contributed by atoms with Gasteiger partial charge < -0.3 is 4.74 Å². The van der Waals surface area contributed by atoms with E-state index in [4.69, 9.17) is 5.84 Å². The van der Waals surface area contributed by atoms with Crippen molar-refractivity contribution in [2.24, 2.45) is 5.84 Å². The fourth-order valence-electron chi connectivity index (χ4n) is 0.718. The Morgan fingerprint density at radius 1 is 1.56 bits per heavy atom. The number of nitrogens with two attached hydrogens (primary N) is 1. The lowest BCUT2D eigenvalue weighted by Crippen LogP contribution is -2.36. The zero-order chi connectivity index (χ0) is 6.69. The minimum Gasteiger partial charge on any atom is -0.448 e. The summed E-state index contributed by atoms with van der Waals surface area (Å²) in [7, 11) is 0. The Balaban J connectivity index is 2.41. The van der Waals surface area contributed by atoms with Crippen LogP contribution in [0.2, 0.25) is 0 Å². The van der Waals surface area contributed by atoms with Crippen molar-refractivity contribution >= 4 is 6.09 Å². The predicted octanol–water partition coefficient (Wildman–Crippen LogP) is 0.0925. The van der Waals surface area contributed by atoms with Gasteiger partial charge in [-0.1, -0.05) is 0 Å². The molecule has 0 aromatic heterocycles. The van der Waals surface area contributed by atoms with Crippen LogP contribution in [-0.2, 0) is 4.74 Å². The summed E-state index contributed by atoms with van der Waals surface area (Å²) >= 11 is 0. The summed E-state index contributed by atoms with van der Waals surface area (Å²) in [5, 5.41) is 1.10. The second kappa shape index (κ2) is 2.68. The van der Waals surface area contributed by atoms with Crippen molar-refractivity contribution in [1.29, 1.82) is 0 Å². The molecule has 52 valence electrons. The highest BCUT2D eigenvalue weighted by atomic mass is 16.6. The zero-order valence-electron chi connectivity index (χ0n) is 5.17. The Hall–Kier alpha value is -0.770. The summed E-state index contributed by atoms with van der Waals surface area (Å²) in [6.45, 7) is 1.12. The number of cyclic esters (lactones) is 1. The summed E-state index contributed by atoms with van der Waals surface area (Å²) < 4.78 is 4.68. The maximum Gasteiger partial charge on any atom is 0.424 e. The Bertz CT molecular complexity index is 116. The average molecular weight is 130 g/mol. The fraction of sp³-hybridized carbons (Fsp3) is 0.800. The summed E-state index contributed by atoms with van der Waals surface area (Å²) in [6, 6.07) is 0. The molecule has 0 saturated carbocycles. The normalized spacial score (nSPS) is 21.0. The third-order valence-electron chi connectivity index (χ3n) is 1.25. The van der Waals surface area contributed by atoms with E-state index >= 15 is 0 Å². The van der Waals surface area contributed by atoms with Gasteiger partial charge in [-0.25, -0.2) is 15.6 Å². The molecular weight excluding hydrogens is 120 g/mol. The van der Waals surface area contributed by atoms with Crippen LogP contribution in [0.5, 0.6) is 0 Å². The lowest BCUT2D eigenvalue weighted by Gasteiger charge is -2.10. The molecule has 1 saturated heterocycles. The van der Waals surface area contributed by atoms with E-state index in [9.17, 15) is 4.79 Å². The first-order chi connectivity index (χ1) is 4.30. The molecule has 1 amide bonds. The van der Waals surface area contributed by atoms with Crippen LogP contribution in [0.15, 0.2) is 0 Å². The number of rotatable bonds is 0. The van der Waals surface area contributed by atoms with E-state index in [1.165, 1.54) is 0 Å². The minimum atomic E-state index is -0.410. The Morgan fingerprint density at radius 3 is 3.11 bits per heavy atom. The molecule has 1 aliphatic rings. The van der Waals surface area contributed by atoms with Gasteiger partial charge in [0.2, 0.25) is 0 Å². The SMILES string of the molecule is NN1CCCCOC1=O. The van der Waals surface area contributed by atoms with Gasteiger partial charge >= 0.3 is 6.09 Å². The van der Waals surface area contributed by atoms with Crippen molar-refractivity contribution in [3.63, 3.8) is 0 Å². The van der Waals surface area contributed by atoms with Crippen LogP contribution in [0.4, 0.5) is 4.79 Å². The van der Waals surface area contributed by atoms with Crippen molar-refractivity contribution < 1.29 is 9.53 Å². The van der Waals surface area contributed by atoms with Gasteiger partial charge in [-0.2, -0.15) is 0 Å². The number of hydrazine groups is 1. The summed E-state index contributed by atoms with van der Waals surface area (Å²) in [6.07, 6.45) is 1.44. The first kappa shape index (κ1) is 6.35. The number of amides is 1. The van der Waals surface area contributed by atoms with Crippen LogP contribution >= 0.6 is 0 Å². The standard InChI is InChI=1S/C5H10N2O2/c6-7-3-1-2-4-9-5(7)8/h1-4,6H2. The van der Waals surface area contributed by atoms with Gasteiger partial charge in [0.25, 0.3) is 0 Å². The van der Waals surface area contributed by atoms with Crippen molar-refractivity contribution in [2.75, 3.05) is 13.2 Å². The molecule has 0 aromatic carbocycles. The molecule has 1 aliphatic heterocycles. The second-order valence-corrected chi connectivity index (χ2v) is 2.01. The average Bonchev–Trinajstić information content (AvgIpc) is 1.99. The van der Waals surface area contributed by atoms with Crippen LogP contribution in [0.25, 0.3) is 0 Å². The van der Waals surface area contributed by atoms with Crippen LogP contribution in [-0.4, -0.2) is 24.3 Å². The molecule has 4 heteroatoms. The van der Waals surface area contributed by atoms with E-state index in [0.29, 0.717) is 13.2 Å². The maximum atomic E-state index is 10.6. The number of hydrogen-bond acceptors (Lipinski definition) is 3. The number of hydrogen-bond donors (Lipinski definition) is 1. The van der Waals surface area contributed by atoms with Crippen LogP contribution in [0.3, 0.4) is 0 Å². The van der Waals surface area contributed by atoms with Crippen molar-refractivity contribution in [3.8, 4) is 0 Å². The lowest BCUT2D eigenvalue weighted by molar-refractivity contribution is 0.116. The molecule has 9 heavy (non-hydrogen) atoms. The lowest BCUT2D eigenvalue weighted by atomic mass is 10.3. The van der Waals surface area contributed by atoms with E-state index in [1.54, 1.807) is 0 Å². The third kappa shape index (κ3) is 1.57. The van der Waals surface area contributed by atoms with Gasteiger partial charge in [0.05, 0.1) is 6.61 Å². The number of carbonyl (C=O) groups is 1. The Labute approximate surface area is 53.5 Å². The molecule has 4 nitrogen and oxygen atoms in total. The zero-order valence-corrected chi connectivity index (χ0v) is 5.17. The summed E-state index contributed by atoms with van der Waals surface area (Å²) in [5.41, 5.74) is 0. The largest absolute Gasteiger partial charge is 0.448 e. The number of ether oxygens (including phenoxy) is 1. The molecule has 0 aromatic rings. The predicted molar refractivity (Wildman–Crippen MR) is 31.5 cm³/mol. The topological polar surface area (TPSA) is 55.6 Å². The molecule has 2 N–H and O–H groups in total. The second-order valence-electron chi connectivity index (χ2n) is 2.01. The van der Waals surface area contributed by atoms with E-state index in [-0.39, 0.29) is 0 Å². The number of carbonyl (C=O) groups excluding carboxylic acids is 1. The molecule has 0 atom stereocenters. The highest BCUT2D eigenvalue weighted by molar-refractivity contribution is 5.66. The van der Waals surface area contributed by atoms with Crippen molar-refractivity contribution in [1.82, 2.24) is 5.01 Å². The maximum absolute atomic E-state index is 10.6. The van der Waals surface area contributed by atoms with Crippen LogP contribution < -0.4 is 5.84 Å². The molecule has 0 spiro atoms. The van der Waals surface area contributed by atoms with Crippen LogP contribution in [0, 0.1) is 0 Å². The highest BCUT2D eigenvalue weighted by Crippen LogP contribution is 2.00. The van der Waals surface area contributed by atoms with Gasteiger partial charge in [0.1, 0.15) is 0 Å². The first-order valence-corrected chi connectivity index (χ1v) is 2.99. The first-order valence-electron chi connectivity index (χ1n) is 2.99. The van der Waals surface area contributed by atoms with Gasteiger partial charge in [-0.15, -0.1) is 0 Å². The molecule has 1 heterocycles. The van der Waals surface area contributed by atoms with E-state index < -0.39 is 6.09 Å². The van der Waals surface area contributed by atoms with E-state index in [2.05, 4.69) is 4.74 Å². The molecule has 0 unspecified atom stereocenters. The molecular formula is C5H10N2O2. The molecule has 0 radical (unpaired) electrons. The molecule has 1 fully saturated rings. The third-order valence-corrected chi connectivity index (χ3v) is 1.25. The highest BCUT2D eigenvalue weighted by Gasteiger charge is 2.12. The van der Waals surface area contributed by atoms with Gasteiger partial charge in [0.15, 0.2) is 0 Å². The molecule has 0 aliphatic carbocycles. The monoisotopic (exact) mass is 130 g/mol. The van der Waals surface area contributed by atoms with Gasteiger partial charge in [-0.05, 0) is 12.8 Å². The molecule has 1 rings (SSSR count). The minimum absolute atomic E-state index is 0.410. The Kier molecular flexibility index (Phi) is 1.89. The van der Waals surface area contributed by atoms with Gasteiger partial charge in [-0.3, -0.25) is 0 Å². The van der Waals surface area contributed by atoms with E-state index in [0.717, 1.165) is 17.9 Å². The van der Waals surface area contributed by atoms with E-state index in [1.807, 2.05) is 0 Å². The quantitative estimate of drug-likeness (QED) is 0.373. The molecule has 0 bridgehead atoms. The van der Waals surface area contributed by atoms with Crippen LogP contribution in [0.1, 0.15) is 12.8 Å². The fourth-order valence-corrected chi connectivity index (χ4v) is 0.718. The number of nitrogens with zero attached hydrogens (tertiary/aromatic N) is 1. The summed E-state index contributed by atoms with van der Waals surface area (Å²) in [4.78, 5) is 10.6. The van der Waals surface area contributed by atoms with Gasteiger partial charge in [0, 0.05) is 6.54 Å². The van der Waals surface area contributed by atoms with Crippen molar-refractivity contribution in [2.45, 2.75) is 12.8 Å². The smallest absolute Gasteiger partial charge is 0.424 e. The summed E-state index contributed by atoms with van der Waals surface area (Å²) in [5.74, 6) is 5.24. The Morgan fingerprint density at radius 2 is 2.33 bits per heavy atom.